The van der Waals surface area contributed by atoms with Crippen LogP contribution in [0, 0.1) is 5.92 Å². The Morgan fingerprint density at radius 1 is 1.09 bits per heavy atom. The molecule has 1 saturated carbocycles. The number of fused-ring (bicyclic) bond motifs is 1. The van der Waals surface area contributed by atoms with Gasteiger partial charge in [-0.1, -0.05) is 26.2 Å². The number of nitrogens with one attached hydrogen (secondary N) is 2. The maximum atomic E-state index is 14.3. The summed E-state index contributed by atoms with van der Waals surface area (Å²) in [5.41, 5.74) is 2.07. The van der Waals surface area contributed by atoms with Crippen LogP contribution in [0.2, 0.25) is 0 Å². The van der Waals surface area contributed by atoms with Gasteiger partial charge in [0.05, 0.1) is 30.4 Å². The van der Waals surface area contributed by atoms with Crippen molar-refractivity contribution in [2.45, 2.75) is 103 Å². The van der Waals surface area contributed by atoms with E-state index < -0.39 is 6.04 Å². The molecule has 0 unspecified atom stereocenters. The van der Waals surface area contributed by atoms with Crippen molar-refractivity contribution in [3.05, 3.63) is 53.9 Å². The number of hydrogen-bond acceptors (Lipinski definition) is 7. The molecule has 4 atom stereocenters. The zero-order valence-electron chi connectivity index (χ0n) is 27.5. The van der Waals surface area contributed by atoms with Crippen LogP contribution in [-0.2, 0) is 11.3 Å². The maximum absolute atomic E-state index is 14.3. The van der Waals surface area contributed by atoms with E-state index in [2.05, 4.69) is 34.5 Å². The number of urea groups is 1. The second-order valence-electron chi connectivity index (χ2n) is 13.0. The molecule has 45 heavy (non-hydrogen) atoms. The van der Waals surface area contributed by atoms with Gasteiger partial charge in [-0.2, -0.15) is 0 Å². The van der Waals surface area contributed by atoms with Crippen molar-refractivity contribution < 1.29 is 24.2 Å². The van der Waals surface area contributed by atoms with E-state index in [-0.39, 0.29) is 42.7 Å². The molecule has 0 radical (unpaired) electrons. The molecule has 0 bridgehead atoms. The molecule has 0 saturated heterocycles. The van der Waals surface area contributed by atoms with Crippen LogP contribution in [0.5, 0.6) is 5.75 Å². The van der Waals surface area contributed by atoms with Crippen molar-refractivity contribution in [2.24, 2.45) is 5.92 Å². The molecular weight excluding hydrogens is 570 g/mol. The third-order valence-corrected chi connectivity index (χ3v) is 8.94. The van der Waals surface area contributed by atoms with Crippen LogP contribution >= 0.6 is 0 Å². The Kier molecular flexibility index (Phi) is 13.5. The Bertz CT molecular complexity index is 1210. The van der Waals surface area contributed by atoms with Crippen LogP contribution in [0.25, 0.3) is 0 Å². The van der Waals surface area contributed by atoms with Crippen molar-refractivity contribution in [1.29, 1.82) is 0 Å². The molecule has 1 aliphatic carbocycles. The maximum Gasteiger partial charge on any atom is 0.319 e. The molecule has 248 valence electrons. The molecule has 2 aliphatic rings. The average molecular weight is 624 g/mol. The monoisotopic (exact) mass is 623 g/mol. The molecule has 0 spiro atoms. The Labute approximate surface area is 268 Å². The number of anilines is 1. The van der Waals surface area contributed by atoms with Crippen molar-refractivity contribution in [1.82, 2.24) is 20.1 Å². The Morgan fingerprint density at radius 2 is 1.82 bits per heavy atom. The lowest BCUT2D eigenvalue weighted by Crippen LogP contribution is -2.47. The van der Waals surface area contributed by atoms with Gasteiger partial charge in [0.25, 0.3) is 5.91 Å². The number of pyridine rings is 1. The summed E-state index contributed by atoms with van der Waals surface area (Å²) in [7, 11) is 2.08. The van der Waals surface area contributed by atoms with E-state index in [4.69, 9.17) is 9.47 Å². The molecule has 10 heteroatoms. The lowest BCUT2D eigenvalue weighted by molar-refractivity contribution is -0.0177. The molecule has 3 N–H and O–H groups in total. The number of carbonyl (C=O) groups is 2. The van der Waals surface area contributed by atoms with Crippen LogP contribution in [0.4, 0.5) is 10.5 Å². The molecule has 4 rings (SSSR count). The predicted molar refractivity (Wildman–Crippen MR) is 176 cm³/mol. The molecule has 1 fully saturated rings. The lowest BCUT2D eigenvalue weighted by Gasteiger charge is -2.36. The van der Waals surface area contributed by atoms with Gasteiger partial charge in [-0.05, 0) is 88.9 Å². The van der Waals surface area contributed by atoms with Crippen LogP contribution in [0.3, 0.4) is 0 Å². The van der Waals surface area contributed by atoms with E-state index in [0.29, 0.717) is 36.7 Å². The summed E-state index contributed by atoms with van der Waals surface area (Å²) >= 11 is 0. The third kappa shape index (κ3) is 10.7. The zero-order valence-corrected chi connectivity index (χ0v) is 27.5. The van der Waals surface area contributed by atoms with Crippen molar-refractivity contribution in [3.8, 4) is 5.75 Å². The second kappa shape index (κ2) is 17.5. The van der Waals surface area contributed by atoms with Gasteiger partial charge >= 0.3 is 6.03 Å². The van der Waals surface area contributed by atoms with Gasteiger partial charge in [0.2, 0.25) is 0 Å². The van der Waals surface area contributed by atoms with Gasteiger partial charge in [-0.15, -0.1) is 0 Å². The topological polar surface area (TPSA) is 116 Å². The number of nitrogens with zero attached hydrogens (tertiary/aromatic N) is 3. The SMILES string of the molecule is C[C@H]1CCCCO[C@@H](CN(C)Cc2ccncc2)[C@@H](C)CN([C@@H](C)CO)C(=O)c2cc(NC(=O)NC3CCCCC3)ccc2O1. The van der Waals surface area contributed by atoms with Gasteiger partial charge in [0, 0.05) is 56.3 Å². The second-order valence-corrected chi connectivity index (χ2v) is 13.0. The Balaban J connectivity index is 1.56. The zero-order chi connectivity index (χ0) is 32.2. The number of amides is 3. The van der Waals surface area contributed by atoms with Crippen molar-refractivity contribution in [3.63, 3.8) is 0 Å². The summed E-state index contributed by atoms with van der Waals surface area (Å²) in [5.74, 6) is 0.218. The number of carbonyl (C=O) groups excluding carboxylic acids is 2. The van der Waals surface area contributed by atoms with E-state index in [9.17, 15) is 14.7 Å². The minimum absolute atomic E-state index is 0.0170. The molecule has 3 amide bonds. The quantitative estimate of drug-likeness (QED) is 0.358. The summed E-state index contributed by atoms with van der Waals surface area (Å²) in [5, 5.41) is 16.2. The fraction of sp³-hybridized carbons (Fsp3) is 0.629. The van der Waals surface area contributed by atoms with E-state index in [1.165, 1.54) is 12.0 Å². The van der Waals surface area contributed by atoms with Gasteiger partial charge < -0.3 is 30.1 Å². The normalized spacial score (nSPS) is 23.0. The van der Waals surface area contributed by atoms with Crippen LogP contribution in [0.1, 0.15) is 88.1 Å². The number of ether oxygens (including phenoxy) is 2. The summed E-state index contributed by atoms with van der Waals surface area (Å²) in [6, 6.07) is 8.76. The first-order valence-electron chi connectivity index (χ1n) is 16.7. The number of aliphatic hydroxyl groups is 1. The summed E-state index contributed by atoms with van der Waals surface area (Å²) in [6.45, 7) is 8.26. The molecule has 1 aliphatic heterocycles. The van der Waals surface area contributed by atoms with Gasteiger partial charge in [0.15, 0.2) is 0 Å². The van der Waals surface area contributed by atoms with E-state index in [1.54, 1.807) is 35.5 Å². The number of likely N-dealkylation sites (N-methyl/N-ethyl adjacent to an activating group) is 1. The summed E-state index contributed by atoms with van der Waals surface area (Å²) in [4.78, 5) is 35.3. The highest BCUT2D eigenvalue weighted by atomic mass is 16.5. The summed E-state index contributed by atoms with van der Waals surface area (Å²) in [6.07, 6.45) is 11.5. The van der Waals surface area contributed by atoms with E-state index in [0.717, 1.165) is 51.5 Å². The van der Waals surface area contributed by atoms with E-state index in [1.807, 2.05) is 26.0 Å². The smallest absolute Gasteiger partial charge is 0.319 e. The third-order valence-electron chi connectivity index (χ3n) is 8.94. The number of hydrogen-bond donors (Lipinski definition) is 3. The standard InChI is InChI=1S/C35H53N5O5/c1-25-21-40(26(2)24-41)34(42)31-20-30(38-35(43)37-29-11-6-5-7-12-29)13-14-32(31)45-27(3)10-8-9-19-44-33(25)23-39(4)22-28-15-17-36-18-16-28/h13-18,20,25-27,29,33,41H,5-12,19,21-24H2,1-4H3,(H2,37,38,43)/t25-,26-,27-,33-/m0/s1. The Hall–Kier alpha value is -3.21. The highest BCUT2D eigenvalue weighted by Crippen LogP contribution is 2.29. The average Bonchev–Trinajstić information content (AvgIpc) is 3.03. The van der Waals surface area contributed by atoms with Crippen LogP contribution in [0.15, 0.2) is 42.7 Å². The Morgan fingerprint density at radius 3 is 2.56 bits per heavy atom. The van der Waals surface area contributed by atoms with Crippen LogP contribution < -0.4 is 15.4 Å². The number of rotatable bonds is 8. The van der Waals surface area contributed by atoms with Gasteiger partial charge in [0.1, 0.15) is 5.75 Å². The fourth-order valence-corrected chi connectivity index (χ4v) is 6.23. The minimum Gasteiger partial charge on any atom is -0.490 e. The molecular formula is C35H53N5O5. The lowest BCUT2D eigenvalue weighted by atomic mass is 9.96. The number of aliphatic hydroxyl groups excluding tert-OH is 1. The molecule has 2 aromatic rings. The van der Waals surface area contributed by atoms with Crippen LogP contribution in [-0.4, -0.2) is 89.5 Å². The highest BCUT2D eigenvalue weighted by molar-refractivity contribution is 5.99. The largest absolute Gasteiger partial charge is 0.490 e. The highest BCUT2D eigenvalue weighted by Gasteiger charge is 2.30. The van der Waals surface area contributed by atoms with E-state index >= 15 is 0 Å². The van der Waals surface area contributed by atoms with Crippen molar-refractivity contribution >= 4 is 17.6 Å². The number of aromatic nitrogens is 1. The first kappa shape index (κ1) is 34.7. The molecule has 10 nitrogen and oxygen atoms in total. The van der Waals surface area contributed by atoms with Gasteiger partial charge in [-0.25, -0.2) is 4.79 Å². The molecule has 1 aromatic carbocycles. The first-order valence-corrected chi connectivity index (χ1v) is 16.7. The van der Waals surface area contributed by atoms with Crippen molar-refractivity contribution in [2.75, 3.05) is 38.7 Å². The minimum atomic E-state index is -0.431. The first-order chi connectivity index (χ1) is 21.7. The number of benzene rings is 1. The molecule has 1 aromatic heterocycles. The predicted octanol–water partition coefficient (Wildman–Crippen LogP) is 5.46. The fourth-order valence-electron chi connectivity index (χ4n) is 6.23. The van der Waals surface area contributed by atoms with Gasteiger partial charge in [-0.3, -0.25) is 14.7 Å². The summed E-state index contributed by atoms with van der Waals surface area (Å²) < 4.78 is 12.8. The molecule has 2 heterocycles.